The molecule has 0 fully saturated rings. The third kappa shape index (κ3) is 2.86. The highest BCUT2D eigenvalue weighted by Crippen LogP contribution is 2.35. The average molecular weight is 318 g/mol. The monoisotopic (exact) mass is 318 g/mol. The zero-order valence-corrected chi connectivity index (χ0v) is 12.0. The molecule has 2 aromatic rings. The molecule has 0 spiro atoms. The van der Waals surface area contributed by atoms with Crippen LogP contribution < -0.4 is 0 Å². The van der Waals surface area contributed by atoms with E-state index in [4.69, 9.17) is 0 Å². The van der Waals surface area contributed by atoms with Crippen LogP contribution in [0, 0.1) is 0 Å². The van der Waals surface area contributed by atoms with Gasteiger partial charge < -0.3 is 5.11 Å². The second-order valence-corrected chi connectivity index (χ2v) is 5.39. The fourth-order valence-corrected chi connectivity index (χ4v) is 2.80. The Morgan fingerprint density at radius 2 is 1.74 bits per heavy atom. The SMILES string of the molecule is O=C1/C(=C/c2ccccc2C(F)(F)F)CCc2c(O)cccc21. The molecule has 0 aromatic heterocycles. The smallest absolute Gasteiger partial charge is 0.416 e. The van der Waals surface area contributed by atoms with E-state index in [1.807, 2.05) is 0 Å². The Labute approximate surface area is 130 Å². The number of hydrogen-bond donors (Lipinski definition) is 1. The highest BCUT2D eigenvalue weighted by Gasteiger charge is 2.33. The number of halogens is 3. The van der Waals surface area contributed by atoms with Crippen LogP contribution in [-0.4, -0.2) is 10.9 Å². The van der Waals surface area contributed by atoms with Gasteiger partial charge in [-0.1, -0.05) is 30.3 Å². The second kappa shape index (κ2) is 5.57. The molecule has 2 aromatic carbocycles. The molecule has 0 amide bonds. The lowest BCUT2D eigenvalue weighted by atomic mass is 9.85. The highest BCUT2D eigenvalue weighted by molar-refractivity contribution is 6.13. The predicted molar refractivity (Wildman–Crippen MR) is 80.2 cm³/mol. The number of benzene rings is 2. The largest absolute Gasteiger partial charge is 0.508 e. The number of ketones is 1. The molecule has 0 radical (unpaired) electrons. The van der Waals surface area contributed by atoms with E-state index in [1.54, 1.807) is 12.1 Å². The maximum Gasteiger partial charge on any atom is 0.416 e. The number of hydrogen-bond acceptors (Lipinski definition) is 2. The van der Waals surface area contributed by atoms with E-state index in [-0.39, 0.29) is 17.1 Å². The van der Waals surface area contributed by atoms with Gasteiger partial charge in [-0.3, -0.25) is 4.79 Å². The minimum Gasteiger partial charge on any atom is -0.508 e. The van der Waals surface area contributed by atoms with Gasteiger partial charge in [0.05, 0.1) is 5.56 Å². The van der Waals surface area contributed by atoms with Crippen LogP contribution in [0.5, 0.6) is 5.75 Å². The third-order valence-electron chi connectivity index (χ3n) is 3.93. The van der Waals surface area contributed by atoms with Gasteiger partial charge in [-0.05, 0) is 36.6 Å². The zero-order chi connectivity index (χ0) is 16.6. The molecule has 1 N–H and O–H groups in total. The number of Topliss-reactive ketones (excluding diaryl/α,β-unsaturated/α-hetero) is 1. The molecule has 0 bridgehead atoms. The quantitative estimate of drug-likeness (QED) is 0.779. The molecule has 2 nitrogen and oxygen atoms in total. The van der Waals surface area contributed by atoms with Gasteiger partial charge in [0, 0.05) is 16.7 Å². The van der Waals surface area contributed by atoms with Crippen LogP contribution in [0.1, 0.15) is 33.5 Å². The van der Waals surface area contributed by atoms with Crippen LogP contribution in [-0.2, 0) is 12.6 Å². The number of carbonyl (C=O) groups excluding carboxylic acids is 1. The Hall–Kier alpha value is -2.56. The molecular formula is C18H13F3O2. The maximum atomic E-state index is 13.0. The Morgan fingerprint density at radius 1 is 1.00 bits per heavy atom. The van der Waals surface area contributed by atoms with E-state index in [0.717, 1.165) is 6.07 Å². The summed E-state index contributed by atoms with van der Waals surface area (Å²) in [5.41, 5.74) is 0.444. The summed E-state index contributed by atoms with van der Waals surface area (Å²) in [6, 6.07) is 9.81. The van der Waals surface area contributed by atoms with Gasteiger partial charge in [0.1, 0.15) is 5.75 Å². The number of phenols is 1. The molecule has 1 aliphatic rings. The van der Waals surface area contributed by atoms with Crippen LogP contribution >= 0.6 is 0 Å². The third-order valence-corrected chi connectivity index (χ3v) is 3.93. The van der Waals surface area contributed by atoms with Crippen molar-refractivity contribution in [3.8, 4) is 5.75 Å². The molecule has 0 atom stereocenters. The van der Waals surface area contributed by atoms with Crippen molar-refractivity contribution in [2.45, 2.75) is 19.0 Å². The molecule has 118 valence electrons. The van der Waals surface area contributed by atoms with E-state index in [1.165, 1.54) is 30.3 Å². The average Bonchev–Trinajstić information content (AvgIpc) is 2.50. The Bertz CT molecular complexity index is 804. The van der Waals surface area contributed by atoms with Crippen molar-refractivity contribution >= 4 is 11.9 Å². The van der Waals surface area contributed by atoms with E-state index in [0.29, 0.717) is 29.5 Å². The van der Waals surface area contributed by atoms with Crippen molar-refractivity contribution in [1.29, 1.82) is 0 Å². The van der Waals surface area contributed by atoms with Crippen LogP contribution in [0.3, 0.4) is 0 Å². The Balaban J connectivity index is 2.05. The number of allylic oxidation sites excluding steroid dienone is 1. The van der Waals surface area contributed by atoms with Crippen LogP contribution in [0.2, 0.25) is 0 Å². The van der Waals surface area contributed by atoms with Crippen molar-refractivity contribution in [1.82, 2.24) is 0 Å². The number of alkyl halides is 3. The first-order chi connectivity index (χ1) is 10.9. The van der Waals surface area contributed by atoms with E-state index in [2.05, 4.69) is 0 Å². The Kier molecular flexibility index (Phi) is 3.72. The first-order valence-corrected chi connectivity index (χ1v) is 7.10. The summed E-state index contributed by atoms with van der Waals surface area (Å²) in [7, 11) is 0. The topological polar surface area (TPSA) is 37.3 Å². The van der Waals surface area contributed by atoms with Crippen LogP contribution in [0.15, 0.2) is 48.0 Å². The van der Waals surface area contributed by atoms with Crippen molar-refractivity contribution in [2.24, 2.45) is 0 Å². The lowest BCUT2D eigenvalue weighted by Gasteiger charge is -2.19. The molecule has 0 saturated heterocycles. The lowest BCUT2D eigenvalue weighted by molar-refractivity contribution is -0.137. The summed E-state index contributed by atoms with van der Waals surface area (Å²) in [6.45, 7) is 0. The first kappa shape index (κ1) is 15.3. The normalized spacial score (nSPS) is 16.5. The fourth-order valence-electron chi connectivity index (χ4n) is 2.80. The number of phenolic OH excluding ortho intramolecular Hbond substituents is 1. The van der Waals surface area contributed by atoms with E-state index >= 15 is 0 Å². The second-order valence-electron chi connectivity index (χ2n) is 5.39. The predicted octanol–water partition coefficient (Wildman–Crippen LogP) is 4.62. The van der Waals surface area contributed by atoms with Crippen molar-refractivity contribution < 1.29 is 23.1 Å². The van der Waals surface area contributed by atoms with Crippen molar-refractivity contribution in [3.63, 3.8) is 0 Å². The maximum absolute atomic E-state index is 13.0. The molecule has 0 heterocycles. The number of aromatic hydroxyl groups is 1. The van der Waals surface area contributed by atoms with Gasteiger partial charge in [0.2, 0.25) is 0 Å². The molecule has 0 unspecified atom stereocenters. The highest BCUT2D eigenvalue weighted by atomic mass is 19.4. The fraction of sp³-hybridized carbons (Fsp3) is 0.167. The van der Waals surface area contributed by atoms with E-state index < -0.39 is 11.7 Å². The molecule has 3 rings (SSSR count). The lowest BCUT2D eigenvalue weighted by Crippen LogP contribution is -2.14. The van der Waals surface area contributed by atoms with Gasteiger partial charge >= 0.3 is 6.18 Å². The number of rotatable bonds is 1. The standard InChI is InChI=1S/C18H13F3O2/c19-18(20,21)15-6-2-1-4-11(15)10-12-8-9-13-14(17(12)23)5-3-7-16(13)22/h1-7,10,22H,8-9H2/b12-10+. The van der Waals surface area contributed by atoms with E-state index in [9.17, 15) is 23.1 Å². The van der Waals surface area contributed by atoms with Crippen molar-refractivity contribution in [2.75, 3.05) is 0 Å². The van der Waals surface area contributed by atoms with Crippen LogP contribution in [0.25, 0.3) is 6.08 Å². The Morgan fingerprint density at radius 3 is 2.48 bits per heavy atom. The van der Waals surface area contributed by atoms with Crippen LogP contribution in [0.4, 0.5) is 13.2 Å². The molecule has 0 aliphatic heterocycles. The molecule has 23 heavy (non-hydrogen) atoms. The first-order valence-electron chi connectivity index (χ1n) is 7.10. The van der Waals surface area contributed by atoms with Gasteiger partial charge in [0.15, 0.2) is 5.78 Å². The van der Waals surface area contributed by atoms with Gasteiger partial charge in [-0.2, -0.15) is 13.2 Å². The number of fused-ring (bicyclic) bond motifs is 1. The summed E-state index contributed by atoms with van der Waals surface area (Å²) < 4.78 is 39.1. The summed E-state index contributed by atoms with van der Waals surface area (Å²) in [4.78, 5) is 12.5. The van der Waals surface area contributed by atoms with Gasteiger partial charge in [-0.15, -0.1) is 0 Å². The minimum atomic E-state index is -4.47. The molecule has 1 aliphatic carbocycles. The molecular weight excluding hydrogens is 305 g/mol. The summed E-state index contributed by atoms with van der Waals surface area (Å²) >= 11 is 0. The summed E-state index contributed by atoms with van der Waals surface area (Å²) in [5.74, 6) is -0.287. The zero-order valence-electron chi connectivity index (χ0n) is 12.0. The molecule has 5 heteroatoms. The summed E-state index contributed by atoms with van der Waals surface area (Å²) in [5, 5.41) is 9.78. The number of carbonyl (C=O) groups is 1. The summed E-state index contributed by atoms with van der Waals surface area (Å²) in [6.07, 6.45) is -2.44. The van der Waals surface area contributed by atoms with Gasteiger partial charge in [0.25, 0.3) is 0 Å². The van der Waals surface area contributed by atoms with Gasteiger partial charge in [-0.25, -0.2) is 0 Å². The molecule has 0 saturated carbocycles. The van der Waals surface area contributed by atoms with Crippen molar-refractivity contribution in [3.05, 3.63) is 70.3 Å². The minimum absolute atomic E-state index is 0.0213.